The largest absolute Gasteiger partial charge is 0.395 e. The van der Waals surface area contributed by atoms with E-state index >= 15 is 0 Å². The Morgan fingerprint density at radius 2 is 2.06 bits per heavy atom. The fourth-order valence-electron chi connectivity index (χ4n) is 1.66. The molecule has 2 unspecified atom stereocenters. The SMILES string of the molecule is CSC(CO)C(C)NC(=O)[C@H](N)c1ccccc1. The number of hydrogen-bond donors (Lipinski definition) is 3. The van der Waals surface area contributed by atoms with Crippen LogP contribution in [0.2, 0.25) is 0 Å². The van der Waals surface area contributed by atoms with E-state index in [4.69, 9.17) is 10.8 Å². The molecule has 0 aromatic heterocycles. The lowest BCUT2D eigenvalue weighted by Crippen LogP contribution is -2.45. The molecule has 0 saturated carbocycles. The number of carbonyl (C=O) groups is 1. The summed E-state index contributed by atoms with van der Waals surface area (Å²) < 4.78 is 0. The molecule has 1 amide bonds. The molecule has 5 heteroatoms. The second kappa shape index (κ2) is 7.41. The average molecular weight is 268 g/mol. The van der Waals surface area contributed by atoms with Crippen LogP contribution in [0, 0.1) is 0 Å². The highest BCUT2D eigenvalue weighted by Crippen LogP contribution is 2.13. The number of benzene rings is 1. The number of aliphatic hydroxyl groups is 1. The molecule has 0 aliphatic heterocycles. The minimum atomic E-state index is -0.671. The highest BCUT2D eigenvalue weighted by atomic mass is 32.2. The zero-order chi connectivity index (χ0) is 13.5. The maximum absolute atomic E-state index is 12.0. The first-order chi connectivity index (χ1) is 8.60. The zero-order valence-electron chi connectivity index (χ0n) is 10.7. The summed E-state index contributed by atoms with van der Waals surface area (Å²) in [5.74, 6) is -0.221. The smallest absolute Gasteiger partial charge is 0.241 e. The zero-order valence-corrected chi connectivity index (χ0v) is 11.5. The Kier molecular flexibility index (Phi) is 6.18. The van der Waals surface area contributed by atoms with Crippen molar-refractivity contribution in [3.05, 3.63) is 35.9 Å². The van der Waals surface area contributed by atoms with Crippen LogP contribution in [0.15, 0.2) is 30.3 Å². The molecule has 0 saturated heterocycles. The van der Waals surface area contributed by atoms with Gasteiger partial charge in [-0.05, 0) is 18.7 Å². The van der Waals surface area contributed by atoms with Gasteiger partial charge in [0.2, 0.25) is 5.91 Å². The van der Waals surface area contributed by atoms with Gasteiger partial charge in [-0.15, -0.1) is 0 Å². The Labute approximate surface area is 112 Å². The molecule has 0 aliphatic rings. The molecular weight excluding hydrogens is 248 g/mol. The molecule has 4 nitrogen and oxygen atoms in total. The van der Waals surface area contributed by atoms with Crippen LogP contribution in [-0.2, 0) is 4.79 Å². The van der Waals surface area contributed by atoms with E-state index in [2.05, 4.69) is 5.32 Å². The van der Waals surface area contributed by atoms with Crippen molar-refractivity contribution in [2.24, 2.45) is 5.73 Å². The van der Waals surface area contributed by atoms with Gasteiger partial charge in [-0.1, -0.05) is 30.3 Å². The number of nitrogens with two attached hydrogens (primary N) is 1. The van der Waals surface area contributed by atoms with Crippen LogP contribution in [0.25, 0.3) is 0 Å². The van der Waals surface area contributed by atoms with Gasteiger partial charge in [-0.25, -0.2) is 0 Å². The van der Waals surface area contributed by atoms with Gasteiger partial charge < -0.3 is 16.2 Å². The second-order valence-electron chi connectivity index (χ2n) is 4.14. The predicted molar refractivity (Wildman–Crippen MR) is 75.4 cm³/mol. The molecule has 0 bridgehead atoms. The molecule has 3 atom stereocenters. The van der Waals surface area contributed by atoms with Crippen LogP contribution in [0.4, 0.5) is 0 Å². The van der Waals surface area contributed by atoms with Crippen LogP contribution >= 0.6 is 11.8 Å². The summed E-state index contributed by atoms with van der Waals surface area (Å²) in [4.78, 5) is 12.0. The Morgan fingerprint density at radius 3 is 2.56 bits per heavy atom. The van der Waals surface area contributed by atoms with Gasteiger partial charge in [0.05, 0.1) is 6.61 Å². The van der Waals surface area contributed by atoms with E-state index < -0.39 is 6.04 Å². The third kappa shape index (κ3) is 4.01. The summed E-state index contributed by atoms with van der Waals surface area (Å²) in [5.41, 5.74) is 6.67. The van der Waals surface area contributed by atoms with E-state index in [9.17, 15) is 4.79 Å². The number of nitrogens with one attached hydrogen (secondary N) is 1. The predicted octanol–water partition coefficient (Wildman–Crippen LogP) is 0.915. The standard InChI is InChI=1S/C13H20N2O2S/c1-9(11(8-16)18-2)15-13(17)12(14)10-6-4-3-5-7-10/h3-7,9,11-12,16H,8,14H2,1-2H3,(H,15,17)/t9?,11?,12-/m1/s1. The van der Waals surface area contributed by atoms with Crippen molar-refractivity contribution < 1.29 is 9.90 Å². The summed E-state index contributed by atoms with van der Waals surface area (Å²) in [6.07, 6.45) is 1.90. The number of amides is 1. The van der Waals surface area contributed by atoms with E-state index in [-0.39, 0.29) is 23.8 Å². The van der Waals surface area contributed by atoms with Crippen molar-refractivity contribution >= 4 is 17.7 Å². The molecular formula is C13H20N2O2S. The van der Waals surface area contributed by atoms with E-state index in [1.165, 1.54) is 11.8 Å². The quantitative estimate of drug-likeness (QED) is 0.717. The first-order valence-corrected chi connectivity index (χ1v) is 7.13. The number of hydrogen-bond acceptors (Lipinski definition) is 4. The van der Waals surface area contributed by atoms with Gasteiger partial charge in [0.25, 0.3) is 0 Å². The third-order valence-electron chi connectivity index (χ3n) is 2.85. The van der Waals surface area contributed by atoms with Crippen LogP contribution in [-0.4, -0.2) is 35.2 Å². The van der Waals surface area contributed by atoms with Crippen molar-refractivity contribution in [2.45, 2.75) is 24.3 Å². The van der Waals surface area contributed by atoms with E-state index in [0.29, 0.717) is 0 Å². The van der Waals surface area contributed by atoms with Crippen molar-refractivity contribution in [1.82, 2.24) is 5.32 Å². The van der Waals surface area contributed by atoms with Gasteiger partial charge >= 0.3 is 0 Å². The van der Waals surface area contributed by atoms with Gasteiger partial charge in [0, 0.05) is 11.3 Å². The van der Waals surface area contributed by atoms with Crippen LogP contribution in [0.1, 0.15) is 18.5 Å². The number of aliphatic hydroxyl groups excluding tert-OH is 1. The molecule has 1 aromatic rings. The number of carbonyl (C=O) groups excluding carboxylic acids is 1. The van der Waals surface area contributed by atoms with Gasteiger partial charge in [0.15, 0.2) is 0 Å². The first kappa shape index (κ1) is 15.0. The fraction of sp³-hybridized carbons (Fsp3) is 0.462. The monoisotopic (exact) mass is 268 g/mol. The molecule has 0 heterocycles. The molecule has 0 spiro atoms. The van der Waals surface area contributed by atoms with E-state index in [1.807, 2.05) is 43.5 Å². The highest BCUT2D eigenvalue weighted by molar-refractivity contribution is 7.99. The molecule has 0 radical (unpaired) electrons. The third-order valence-corrected chi connectivity index (χ3v) is 4.01. The highest BCUT2D eigenvalue weighted by Gasteiger charge is 2.21. The van der Waals surface area contributed by atoms with Crippen LogP contribution in [0.5, 0.6) is 0 Å². The topological polar surface area (TPSA) is 75.3 Å². The Balaban J connectivity index is 2.60. The van der Waals surface area contributed by atoms with Crippen molar-refractivity contribution in [3.8, 4) is 0 Å². The van der Waals surface area contributed by atoms with Crippen molar-refractivity contribution in [3.63, 3.8) is 0 Å². The Morgan fingerprint density at radius 1 is 1.44 bits per heavy atom. The molecule has 100 valence electrons. The van der Waals surface area contributed by atoms with Gasteiger partial charge in [0.1, 0.15) is 6.04 Å². The Bertz CT molecular complexity index is 369. The molecule has 0 aliphatic carbocycles. The van der Waals surface area contributed by atoms with Crippen LogP contribution < -0.4 is 11.1 Å². The molecule has 1 aromatic carbocycles. The summed E-state index contributed by atoms with van der Waals surface area (Å²) in [5, 5.41) is 12.0. The second-order valence-corrected chi connectivity index (χ2v) is 5.22. The van der Waals surface area contributed by atoms with Crippen molar-refractivity contribution in [2.75, 3.05) is 12.9 Å². The summed E-state index contributed by atoms with van der Waals surface area (Å²) in [6.45, 7) is 1.90. The van der Waals surface area contributed by atoms with Gasteiger partial charge in [-0.2, -0.15) is 11.8 Å². The maximum Gasteiger partial charge on any atom is 0.241 e. The molecule has 4 N–H and O–H groups in total. The van der Waals surface area contributed by atoms with Gasteiger partial charge in [-0.3, -0.25) is 4.79 Å². The summed E-state index contributed by atoms with van der Waals surface area (Å²) in [7, 11) is 0. The Hall–Kier alpha value is -1.04. The average Bonchev–Trinajstić information content (AvgIpc) is 2.40. The van der Waals surface area contributed by atoms with E-state index in [1.54, 1.807) is 0 Å². The summed E-state index contributed by atoms with van der Waals surface area (Å²) >= 11 is 1.52. The normalized spacial score (nSPS) is 15.8. The summed E-state index contributed by atoms with van der Waals surface area (Å²) in [6, 6.07) is 8.45. The minimum Gasteiger partial charge on any atom is -0.395 e. The minimum absolute atomic E-state index is 0.0167. The number of thioether (sulfide) groups is 1. The lowest BCUT2D eigenvalue weighted by molar-refractivity contribution is -0.123. The van der Waals surface area contributed by atoms with E-state index in [0.717, 1.165) is 5.56 Å². The number of rotatable bonds is 6. The maximum atomic E-state index is 12.0. The lowest BCUT2D eigenvalue weighted by atomic mass is 10.1. The van der Waals surface area contributed by atoms with Crippen molar-refractivity contribution in [1.29, 1.82) is 0 Å². The van der Waals surface area contributed by atoms with Crippen LogP contribution in [0.3, 0.4) is 0 Å². The molecule has 18 heavy (non-hydrogen) atoms. The fourth-order valence-corrected chi connectivity index (χ4v) is 2.28. The lowest BCUT2D eigenvalue weighted by Gasteiger charge is -2.23. The first-order valence-electron chi connectivity index (χ1n) is 5.84. The molecule has 0 fully saturated rings. The molecule has 1 rings (SSSR count).